The minimum atomic E-state index is -5.10. The Morgan fingerprint density at radius 3 is 2.33 bits per heavy atom. The van der Waals surface area contributed by atoms with Gasteiger partial charge in [0.2, 0.25) is 0 Å². The predicted octanol–water partition coefficient (Wildman–Crippen LogP) is 4.43. The Morgan fingerprint density at radius 2 is 1.77 bits per heavy atom. The first-order chi connectivity index (χ1) is 20.1. The average Bonchev–Trinajstić information content (AvgIpc) is 3.22. The molecule has 1 aromatic heterocycles. The van der Waals surface area contributed by atoms with E-state index in [1.807, 2.05) is 0 Å². The maximum absolute atomic E-state index is 15.2. The van der Waals surface area contributed by atoms with Crippen LogP contribution < -0.4 is 20.3 Å². The molecule has 1 aliphatic heterocycles. The molecule has 1 fully saturated rings. The lowest BCUT2D eigenvalue weighted by Gasteiger charge is -2.23. The molecule has 2 aromatic carbocycles. The van der Waals surface area contributed by atoms with Gasteiger partial charge in [0, 0.05) is 59.7 Å². The van der Waals surface area contributed by atoms with Gasteiger partial charge in [-0.15, -0.1) is 0 Å². The summed E-state index contributed by atoms with van der Waals surface area (Å²) in [6.45, 7) is -1.09. The van der Waals surface area contributed by atoms with E-state index in [9.17, 15) is 31.2 Å². The average molecular weight is 647 g/mol. The number of amides is 2. The molecule has 16 heteroatoms. The van der Waals surface area contributed by atoms with Gasteiger partial charge in [-0.1, -0.05) is 11.6 Å². The second-order valence-corrected chi connectivity index (χ2v) is 12.3. The highest BCUT2D eigenvalue weighted by Crippen LogP contribution is 2.44. The van der Waals surface area contributed by atoms with E-state index >= 15 is 8.78 Å². The molecule has 43 heavy (non-hydrogen) atoms. The number of alkyl halides is 3. The molecule has 0 spiro atoms. The molecule has 0 saturated carbocycles. The van der Waals surface area contributed by atoms with Gasteiger partial charge in [-0.3, -0.25) is 14.5 Å². The smallest absolute Gasteiger partial charge is 0.421 e. The second kappa shape index (κ2) is 12.3. The van der Waals surface area contributed by atoms with Gasteiger partial charge in [0.05, 0.1) is 18.6 Å². The molecule has 0 unspecified atom stereocenters. The summed E-state index contributed by atoms with van der Waals surface area (Å²) in [4.78, 5) is 31.1. The second-order valence-electron chi connectivity index (χ2n) is 9.63. The molecular formula is C27H24ClF5N4O5S. The molecule has 2 amide bonds. The van der Waals surface area contributed by atoms with Crippen molar-refractivity contribution in [3.63, 3.8) is 0 Å². The van der Waals surface area contributed by atoms with Gasteiger partial charge in [0.25, 0.3) is 11.8 Å². The molecule has 2 heterocycles. The first kappa shape index (κ1) is 31.9. The number of hydrogen-bond acceptors (Lipinski definition) is 7. The normalized spacial score (nSPS) is 17.2. The molecule has 0 radical (unpaired) electrons. The summed E-state index contributed by atoms with van der Waals surface area (Å²) in [7, 11) is -2.35. The Morgan fingerprint density at radius 1 is 1.14 bits per heavy atom. The van der Waals surface area contributed by atoms with Crippen molar-refractivity contribution in [1.29, 1.82) is 0 Å². The first-order valence-electron chi connectivity index (χ1n) is 12.5. The lowest BCUT2D eigenvalue weighted by atomic mass is 9.92. The van der Waals surface area contributed by atoms with Crippen LogP contribution in [-0.2, 0) is 20.8 Å². The molecule has 1 aliphatic rings. The number of carbonyl (C=O) groups excluding carboxylic acids is 2. The zero-order valence-corrected chi connectivity index (χ0v) is 24.1. The van der Waals surface area contributed by atoms with E-state index < -0.39 is 86.4 Å². The minimum absolute atomic E-state index is 0.0243. The number of hydrogen-bond donors (Lipinski definition) is 2. The minimum Gasteiger partial charge on any atom is -0.497 e. The number of rotatable bonds is 9. The molecule has 1 saturated heterocycles. The number of sulfone groups is 1. The fourth-order valence-corrected chi connectivity index (χ4v) is 5.25. The van der Waals surface area contributed by atoms with Crippen molar-refractivity contribution in [2.45, 2.75) is 18.1 Å². The van der Waals surface area contributed by atoms with E-state index in [-0.39, 0.29) is 17.9 Å². The number of carbonyl (C=O) groups is 2. The molecule has 9 nitrogen and oxygen atoms in total. The van der Waals surface area contributed by atoms with E-state index in [1.54, 1.807) is 0 Å². The van der Waals surface area contributed by atoms with Gasteiger partial charge in [0.15, 0.2) is 0 Å². The van der Waals surface area contributed by atoms with Crippen molar-refractivity contribution in [3.8, 4) is 5.75 Å². The van der Waals surface area contributed by atoms with Crippen molar-refractivity contribution in [2.75, 3.05) is 42.4 Å². The third-order valence-corrected chi connectivity index (χ3v) is 7.82. The number of ether oxygens (including phenoxy) is 1. The number of anilines is 2. The van der Waals surface area contributed by atoms with E-state index in [2.05, 4.69) is 15.6 Å². The maximum atomic E-state index is 15.2. The molecular weight excluding hydrogens is 623 g/mol. The van der Waals surface area contributed by atoms with Crippen LogP contribution in [0.2, 0.25) is 5.02 Å². The van der Waals surface area contributed by atoms with E-state index in [4.69, 9.17) is 16.3 Å². The van der Waals surface area contributed by atoms with Crippen LogP contribution in [0.5, 0.6) is 5.75 Å². The van der Waals surface area contributed by atoms with E-state index in [0.29, 0.717) is 9.92 Å². The Bertz CT molecular complexity index is 1630. The van der Waals surface area contributed by atoms with Crippen LogP contribution in [0, 0.1) is 11.6 Å². The largest absolute Gasteiger partial charge is 0.497 e. The third kappa shape index (κ3) is 7.16. The topological polar surface area (TPSA) is 118 Å². The monoisotopic (exact) mass is 646 g/mol. The van der Waals surface area contributed by atoms with Crippen molar-refractivity contribution >= 4 is 44.8 Å². The Hall–Kier alpha value is -3.98. The van der Waals surface area contributed by atoms with Crippen LogP contribution in [0.15, 0.2) is 48.7 Å². The van der Waals surface area contributed by atoms with Crippen LogP contribution in [0.1, 0.15) is 27.4 Å². The van der Waals surface area contributed by atoms with Crippen LogP contribution in [0.3, 0.4) is 0 Å². The summed E-state index contributed by atoms with van der Waals surface area (Å²) in [5, 5.41) is 5.10. The first-order valence-corrected chi connectivity index (χ1v) is 14.9. The highest BCUT2D eigenvalue weighted by molar-refractivity contribution is 7.90. The number of benzene rings is 2. The summed E-state index contributed by atoms with van der Waals surface area (Å²) in [6, 6.07) is 6.36. The van der Waals surface area contributed by atoms with Gasteiger partial charge in [-0.2, -0.15) is 13.2 Å². The highest BCUT2D eigenvalue weighted by Gasteiger charge is 2.49. The lowest BCUT2D eigenvalue weighted by Crippen LogP contribution is -2.44. The van der Waals surface area contributed by atoms with Crippen molar-refractivity contribution in [3.05, 3.63) is 82.0 Å². The van der Waals surface area contributed by atoms with Crippen molar-refractivity contribution in [1.82, 2.24) is 10.3 Å². The molecule has 0 bridgehead atoms. The van der Waals surface area contributed by atoms with Gasteiger partial charge in [0.1, 0.15) is 44.6 Å². The molecule has 2 atom stereocenters. The fraction of sp³-hybridized carbons (Fsp3) is 0.296. The van der Waals surface area contributed by atoms with Crippen LogP contribution in [-0.4, -0.2) is 63.5 Å². The predicted molar refractivity (Wildman–Crippen MR) is 148 cm³/mol. The van der Waals surface area contributed by atoms with Gasteiger partial charge >= 0.3 is 6.18 Å². The molecule has 0 aliphatic carbocycles. The van der Waals surface area contributed by atoms with Crippen molar-refractivity contribution in [2.24, 2.45) is 0 Å². The van der Waals surface area contributed by atoms with Crippen molar-refractivity contribution < 1.29 is 44.7 Å². The van der Waals surface area contributed by atoms with Gasteiger partial charge in [-0.05, 0) is 30.3 Å². The van der Waals surface area contributed by atoms with Crippen LogP contribution in [0.25, 0.3) is 0 Å². The summed E-state index contributed by atoms with van der Waals surface area (Å²) in [6.07, 6.45) is -3.23. The summed E-state index contributed by atoms with van der Waals surface area (Å²) >= 11 is 5.86. The molecule has 3 aromatic rings. The number of halogens is 6. The fourth-order valence-electron chi connectivity index (χ4n) is 4.66. The quantitative estimate of drug-likeness (QED) is 0.331. The number of nitrogens with zero attached hydrogens (tertiary/aromatic N) is 2. The number of methoxy groups -OCH3 is 1. The third-order valence-electron chi connectivity index (χ3n) is 6.62. The molecule has 230 valence electrons. The Labute approximate surface area is 247 Å². The molecule has 2 N–H and O–H groups in total. The summed E-state index contributed by atoms with van der Waals surface area (Å²) in [5.74, 6) is -7.34. The number of pyridine rings is 1. The van der Waals surface area contributed by atoms with E-state index in [1.165, 1.54) is 31.4 Å². The number of aromatic nitrogens is 1. The van der Waals surface area contributed by atoms with Gasteiger partial charge in [-0.25, -0.2) is 22.2 Å². The van der Waals surface area contributed by atoms with Gasteiger partial charge < -0.3 is 15.4 Å². The standard InChI is InChI=1S/C27H24ClF5N4O5S/c1-42-16-11-18(29)21(19(30)12-16)17-13-37(26(39)23(17)36-25(38)14-3-5-15(28)6-4-14)24-22(27(31,32)33)20(7-8-35-24)34-9-10-43(2,40)41/h3-8,11-12,17,23H,9-10,13H2,1-2H3,(H,34,35)(H,36,38)/t17-,23-/m0/s1. The maximum Gasteiger partial charge on any atom is 0.421 e. The molecule has 4 rings (SSSR count). The Balaban J connectivity index is 1.80. The van der Waals surface area contributed by atoms with Crippen LogP contribution in [0.4, 0.5) is 33.5 Å². The van der Waals surface area contributed by atoms with E-state index in [0.717, 1.165) is 30.7 Å². The number of nitrogens with one attached hydrogen (secondary N) is 2. The highest BCUT2D eigenvalue weighted by atomic mass is 35.5. The summed E-state index contributed by atoms with van der Waals surface area (Å²) in [5.41, 5.74) is -2.61. The zero-order valence-electron chi connectivity index (χ0n) is 22.5. The SMILES string of the molecule is COc1cc(F)c([C@@H]2CN(c3nccc(NCCS(C)(=O)=O)c3C(F)(F)F)C(=O)[C@H]2NC(=O)c2ccc(Cl)cc2)c(F)c1. The summed E-state index contributed by atoms with van der Waals surface area (Å²) < 4.78 is 101. The lowest BCUT2D eigenvalue weighted by molar-refractivity contribution is -0.136. The zero-order chi connectivity index (χ0) is 31.7. The Kier molecular flexibility index (Phi) is 9.16. The van der Waals surface area contributed by atoms with Crippen LogP contribution >= 0.6 is 11.6 Å².